The summed E-state index contributed by atoms with van der Waals surface area (Å²) in [5.74, 6) is 1.27. The summed E-state index contributed by atoms with van der Waals surface area (Å²) in [5.41, 5.74) is 2.36. The molecular formula is C15H21Cl2N. The van der Waals surface area contributed by atoms with E-state index in [1.807, 2.05) is 12.1 Å². The van der Waals surface area contributed by atoms with E-state index in [4.69, 9.17) is 23.2 Å². The molecule has 0 N–H and O–H groups in total. The van der Waals surface area contributed by atoms with E-state index in [1.54, 1.807) is 0 Å². The van der Waals surface area contributed by atoms with Crippen molar-refractivity contribution in [2.24, 2.45) is 5.92 Å². The van der Waals surface area contributed by atoms with Crippen molar-refractivity contribution in [2.45, 2.75) is 44.5 Å². The van der Waals surface area contributed by atoms with Gasteiger partial charge in [0.1, 0.15) is 0 Å². The van der Waals surface area contributed by atoms with Crippen LogP contribution in [0.1, 0.15) is 38.2 Å². The monoisotopic (exact) mass is 285 g/mol. The largest absolute Gasteiger partial charge is 0.371 e. The van der Waals surface area contributed by atoms with Crippen LogP contribution in [0, 0.1) is 5.92 Å². The molecule has 0 aliphatic heterocycles. The number of hydrogen-bond donors (Lipinski definition) is 0. The summed E-state index contributed by atoms with van der Waals surface area (Å²) >= 11 is 12.1. The van der Waals surface area contributed by atoms with Crippen molar-refractivity contribution in [3.8, 4) is 0 Å². The van der Waals surface area contributed by atoms with Gasteiger partial charge in [-0.1, -0.05) is 31.4 Å². The highest BCUT2D eigenvalue weighted by molar-refractivity contribution is 6.30. The fourth-order valence-corrected chi connectivity index (χ4v) is 3.46. The standard InChI is InChI=1S/C15H21Cl2N/c1-11-5-3-4-6-14(11)18(2)15-8-7-13(17)9-12(15)10-16/h7-9,11,14H,3-6,10H2,1-2H3. The van der Waals surface area contributed by atoms with Gasteiger partial charge in [0.25, 0.3) is 0 Å². The third-order valence-electron chi connectivity index (χ3n) is 4.13. The summed E-state index contributed by atoms with van der Waals surface area (Å²) < 4.78 is 0. The summed E-state index contributed by atoms with van der Waals surface area (Å²) in [6.07, 6.45) is 5.32. The quantitative estimate of drug-likeness (QED) is 0.699. The highest BCUT2D eigenvalue weighted by Crippen LogP contribution is 2.33. The van der Waals surface area contributed by atoms with Gasteiger partial charge in [-0.2, -0.15) is 0 Å². The van der Waals surface area contributed by atoms with Crippen molar-refractivity contribution < 1.29 is 0 Å². The van der Waals surface area contributed by atoms with Gasteiger partial charge in [-0.05, 0) is 42.5 Å². The molecule has 0 heterocycles. The van der Waals surface area contributed by atoms with Crippen molar-refractivity contribution in [3.63, 3.8) is 0 Å². The number of halogens is 2. The van der Waals surface area contributed by atoms with E-state index in [-0.39, 0.29) is 0 Å². The smallest absolute Gasteiger partial charge is 0.0495 e. The molecule has 2 atom stereocenters. The molecule has 1 aliphatic carbocycles. The molecule has 100 valence electrons. The molecule has 0 aromatic heterocycles. The molecule has 0 bridgehead atoms. The first-order valence-electron chi connectivity index (χ1n) is 6.70. The Balaban J connectivity index is 2.24. The van der Waals surface area contributed by atoms with Gasteiger partial charge >= 0.3 is 0 Å². The Morgan fingerprint density at radius 1 is 1.28 bits per heavy atom. The van der Waals surface area contributed by atoms with E-state index < -0.39 is 0 Å². The van der Waals surface area contributed by atoms with Crippen molar-refractivity contribution in [1.29, 1.82) is 0 Å². The highest BCUT2D eigenvalue weighted by atomic mass is 35.5. The first-order valence-corrected chi connectivity index (χ1v) is 7.62. The number of hydrogen-bond acceptors (Lipinski definition) is 1. The van der Waals surface area contributed by atoms with Crippen LogP contribution in [0.25, 0.3) is 0 Å². The summed E-state index contributed by atoms with van der Waals surface area (Å²) in [5, 5.41) is 0.763. The van der Waals surface area contributed by atoms with Crippen LogP contribution in [0.3, 0.4) is 0 Å². The second kappa shape index (κ2) is 6.16. The molecule has 0 spiro atoms. The van der Waals surface area contributed by atoms with Crippen LogP contribution in [0.2, 0.25) is 5.02 Å². The Morgan fingerprint density at radius 2 is 2.00 bits per heavy atom. The lowest BCUT2D eigenvalue weighted by Crippen LogP contribution is -2.39. The summed E-state index contributed by atoms with van der Waals surface area (Å²) in [6.45, 7) is 2.36. The molecule has 2 unspecified atom stereocenters. The van der Waals surface area contributed by atoms with E-state index in [0.29, 0.717) is 11.9 Å². The zero-order valence-electron chi connectivity index (χ0n) is 11.1. The molecule has 0 radical (unpaired) electrons. The second-order valence-corrected chi connectivity index (χ2v) is 6.05. The zero-order valence-corrected chi connectivity index (χ0v) is 12.6. The van der Waals surface area contributed by atoms with Gasteiger partial charge in [0.2, 0.25) is 0 Å². The number of nitrogens with zero attached hydrogens (tertiary/aromatic N) is 1. The average Bonchev–Trinajstić information content (AvgIpc) is 2.38. The molecule has 18 heavy (non-hydrogen) atoms. The normalized spacial score (nSPS) is 24.0. The number of benzene rings is 1. The fourth-order valence-electron chi connectivity index (χ4n) is 3.06. The third-order valence-corrected chi connectivity index (χ3v) is 4.65. The maximum atomic E-state index is 6.04. The van der Waals surface area contributed by atoms with E-state index in [0.717, 1.165) is 16.5 Å². The predicted octanol–water partition coefficient (Wildman–Crippen LogP) is 5.09. The first-order chi connectivity index (χ1) is 8.63. The Kier molecular flexibility index (Phi) is 4.80. The number of anilines is 1. The lowest BCUT2D eigenvalue weighted by molar-refractivity contribution is 0.321. The van der Waals surface area contributed by atoms with E-state index in [1.165, 1.54) is 31.4 Å². The van der Waals surface area contributed by atoms with Gasteiger partial charge in [0, 0.05) is 29.7 Å². The van der Waals surface area contributed by atoms with Gasteiger partial charge in [-0.15, -0.1) is 11.6 Å². The van der Waals surface area contributed by atoms with Gasteiger partial charge < -0.3 is 4.90 Å². The summed E-state index contributed by atoms with van der Waals surface area (Å²) in [6, 6.07) is 6.66. The summed E-state index contributed by atoms with van der Waals surface area (Å²) in [4.78, 5) is 2.40. The van der Waals surface area contributed by atoms with Gasteiger partial charge in [0.05, 0.1) is 0 Å². The Labute approximate surface area is 120 Å². The van der Waals surface area contributed by atoms with Crippen LogP contribution >= 0.6 is 23.2 Å². The van der Waals surface area contributed by atoms with Crippen LogP contribution in [-0.2, 0) is 5.88 Å². The first kappa shape index (κ1) is 14.0. The lowest BCUT2D eigenvalue weighted by atomic mass is 9.84. The topological polar surface area (TPSA) is 3.24 Å². The van der Waals surface area contributed by atoms with Crippen LogP contribution < -0.4 is 4.90 Å². The Hall–Kier alpha value is -0.400. The highest BCUT2D eigenvalue weighted by Gasteiger charge is 2.26. The molecule has 1 saturated carbocycles. The van der Waals surface area contributed by atoms with E-state index in [9.17, 15) is 0 Å². The maximum absolute atomic E-state index is 6.04. The Bertz CT molecular complexity index is 405. The predicted molar refractivity (Wildman–Crippen MR) is 80.8 cm³/mol. The van der Waals surface area contributed by atoms with Crippen LogP contribution in [0.15, 0.2) is 18.2 Å². The molecule has 1 nitrogen and oxygen atoms in total. The molecule has 2 rings (SSSR count). The van der Waals surface area contributed by atoms with E-state index >= 15 is 0 Å². The Morgan fingerprint density at radius 3 is 2.67 bits per heavy atom. The lowest BCUT2D eigenvalue weighted by Gasteiger charge is -2.38. The van der Waals surface area contributed by atoms with Crippen LogP contribution in [0.4, 0.5) is 5.69 Å². The van der Waals surface area contributed by atoms with Crippen LogP contribution in [-0.4, -0.2) is 13.1 Å². The molecule has 1 fully saturated rings. The second-order valence-electron chi connectivity index (χ2n) is 5.35. The third kappa shape index (κ3) is 2.95. The minimum atomic E-state index is 0.515. The minimum absolute atomic E-state index is 0.515. The van der Waals surface area contributed by atoms with Gasteiger partial charge in [0.15, 0.2) is 0 Å². The van der Waals surface area contributed by atoms with Gasteiger partial charge in [-0.25, -0.2) is 0 Å². The van der Waals surface area contributed by atoms with Crippen molar-refractivity contribution in [1.82, 2.24) is 0 Å². The fraction of sp³-hybridized carbons (Fsp3) is 0.600. The zero-order chi connectivity index (χ0) is 13.1. The average molecular weight is 286 g/mol. The number of alkyl halides is 1. The van der Waals surface area contributed by atoms with Crippen LogP contribution in [0.5, 0.6) is 0 Å². The van der Waals surface area contributed by atoms with Gasteiger partial charge in [-0.3, -0.25) is 0 Å². The SMILES string of the molecule is CC1CCCCC1N(C)c1ccc(Cl)cc1CCl. The molecule has 0 amide bonds. The summed E-state index contributed by atoms with van der Waals surface area (Å²) in [7, 11) is 2.19. The van der Waals surface area contributed by atoms with Crippen molar-refractivity contribution in [2.75, 3.05) is 11.9 Å². The number of rotatable bonds is 3. The molecular weight excluding hydrogens is 265 g/mol. The molecule has 1 aliphatic rings. The van der Waals surface area contributed by atoms with Crippen molar-refractivity contribution in [3.05, 3.63) is 28.8 Å². The molecule has 1 aromatic rings. The molecule has 0 saturated heterocycles. The minimum Gasteiger partial charge on any atom is -0.371 e. The molecule has 3 heteroatoms. The van der Waals surface area contributed by atoms with Crippen molar-refractivity contribution >= 4 is 28.9 Å². The van der Waals surface area contributed by atoms with E-state index in [2.05, 4.69) is 24.9 Å². The molecule has 1 aromatic carbocycles. The maximum Gasteiger partial charge on any atom is 0.0495 e.